The van der Waals surface area contributed by atoms with Crippen LogP contribution in [0, 0.1) is 6.92 Å². The summed E-state index contributed by atoms with van der Waals surface area (Å²) in [5.74, 6) is -1.24. The number of thiophene rings is 1. The van der Waals surface area contributed by atoms with Gasteiger partial charge in [0.25, 0.3) is 0 Å². The Bertz CT molecular complexity index is 704. The predicted octanol–water partition coefficient (Wildman–Crippen LogP) is 3.52. The van der Waals surface area contributed by atoms with Crippen LogP contribution in [0.25, 0.3) is 0 Å². The standard InChI is InChI=1S/C15H18N2O3S2/c1-4-10-8(3)22-14(13(10)15(19)20)17-11(18)6-9-7-21-12(5-2)16-9/h7H,4-6H2,1-3H3,(H,17,18)(H,19,20). The molecule has 0 aliphatic carbocycles. The number of rotatable bonds is 6. The van der Waals surface area contributed by atoms with Gasteiger partial charge in [-0.3, -0.25) is 4.79 Å². The molecule has 0 radical (unpaired) electrons. The van der Waals surface area contributed by atoms with Gasteiger partial charge in [-0.25, -0.2) is 9.78 Å². The third-order valence-electron chi connectivity index (χ3n) is 3.27. The summed E-state index contributed by atoms with van der Waals surface area (Å²) in [5, 5.41) is 15.4. The molecule has 2 N–H and O–H groups in total. The number of aromatic nitrogens is 1. The van der Waals surface area contributed by atoms with Crippen molar-refractivity contribution in [2.24, 2.45) is 0 Å². The van der Waals surface area contributed by atoms with Gasteiger partial charge < -0.3 is 10.4 Å². The summed E-state index contributed by atoms with van der Waals surface area (Å²) in [6.45, 7) is 5.80. The fourth-order valence-electron chi connectivity index (χ4n) is 2.25. The van der Waals surface area contributed by atoms with E-state index in [1.165, 1.54) is 22.7 Å². The monoisotopic (exact) mass is 338 g/mol. The van der Waals surface area contributed by atoms with Gasteiger partial charge in [0, 0.05) is 10.3 Å². The van der Waals surface area contributed by atoms with Crippen LogP contribution in [0.15, 0.2) is 5.38 Å². The summed E-state index contributed by atoms with van der Waals surface area (Å²) >= 11 is 2.85. The van der Waals surface area contributed by atoms with Crippen LogP contribution >= 0.6 is 22.7 Å². The van der Waals surface area contributed by atoms with Crippen molar-refractivity contribution in [2.45, 2.75) is 40.0 Å². The topological polar surface area (TPSA) is 79.3 Å². The van der Waals surface area contributed by atoms with E-state index in [0.29, 0.717) is 11.4 Å². The minimum Gasteiger partial charge on any atom is -0.478 e. The third-order valence-corrected chi connectivity index (χ3v) is 5.38. The molecule has 0 saturated heterocycles. The molecular weight excluding hydrogens is 320 g/mol. The molecular formula is C15H18N2O3S2. The number of nitrogens with zero attached hydrogens (tertiary/aromatic N) is 1. The zero-order valence-electron chi connectivity index (χ0n) is 12.7. The molecule has 5 nitrogen and oxygen atoms in total. The molecule has 0 aromatic carbocycles. The lowest BCUT2D eigenvalue weighted by atomic mass is 10.1. The smallest absolute Gasteiger partial charge is 0.339 e. The Hall–Kier alpha value is -1.73. The van der Waals surface area contributed by atoms with Crippen molar-refractivity contribution < 1.29 is 14.7 Å². The number of thiazole rings is 1. The highest BCUT2D eigenvalue weighted by Gasteiger charge is 2.22. The van der Waals surface area contributed by atoms with Gasteiger partial charge in [0.1, 0.15) is 5.00 Å². The number of anilines is 1. The highest BCUT2D eigenvalue weighted by atomic mass is 32.1. The van der Waals surface area contributed by atoms with Crippen molar-refractivity contribution in [3.05, 3.63) is 32.1 Å². The third kappa shape index (κ3) is 3.53. The molecule has 7 heteroatoms. The van der Waals surface area contributed by atoms with Crippen LogP contribution in [-0.2, 0) is 24.1 Å². The van der Waals surface area contributed by atoms with Crippen molar-refractivity contribution in [1.82, 2.24) is 4.98 Å². The van der Waals surface area contributed by atoms with Gasteiger partial charge in [0.15, 0.2) is 0 Å². The fourth-order valence-corrected chi connectivity index (χ4v) is 4.14. The average molecular weight is 338 g/mol. The van der Waals surface area contributed by atoms with Crippen molar-refractivity contribution in [3.8, 4) is 0 Å². The molecule has 118 valence electrons. The highest BCUT2D eigenvalue weighted by molar-refractivity contribution is 7.16. The van der Waals surface area contributed by atoms with Crippen LogP contribution in [0.1, 0.15) is 45.3 Å². The largest absolute Gasteiger partial charge is 0.478 e. The number of amides is 1. The normalized spacial score (nSPS) is 10.7. The van der Waals surface area contributed by atoms with E-state index in [2.05, 4.69) is 10.3 Å². The van der Waals surface area contributed by atoms with E-state index in [-0.39, 0.29) is 17.9 Å². The number of carbonyl (C=O) groups excluding carboxylic acids is 1. The van der Waals surface area contributed by atoms with Crippen molar-refractivity contribution >= 4 is 39.6 Å². The molecule has 0 atom stereocenters. The Labute approximate surface area is 137 Å². The molecule has 1 amide bonds. The molecule has 0 aliphatic heterocycles. The van der Waals surface area contributed by atoms with Gasteiger partial charge in [-0.05, 0) is 25.3 Å². The van der Waals surface area contributed by atoms with Crippen molar-refractivity contribution in [3.63, 3.8) is 0 Å². The molecule has 0 fully saturated rings. The summed E-state index contributed by atoms with van der Waals surface area (Å²) in [4.78, 5) is 28.9. The summed E-state index contributed by atoms with van der Waals surface area (Å²) in [5.41, 5.74) is 1.72. The number of carbonyl (C=O) groups is 2. The van der Waals surface area contributed by atoms with Crippen LogP contribution in [0.3, 0.4) is 0 Å². The van der Waals surface area contributed by atoms with E-state index in [1.807, 2.05) is 26.2 Å². The molecule has 0 aliphatic rings. The molecule has 2 rings (SSSR count). The summed E-state index contributed by atoms with van der Waals surface area (Å²) in [6.07, 6.45) is 1.64. The van der Waals surface area contributed by atoms with Crippen LogP contribution in [0.5, 0.6) is 0 Å². The zero-order chi connectivity index (χ0) is 16.3. The van der Waals surface area contributed by atoms with E-state index in [9.17, 15) is 14.7 Å². The Morgan fingerprint density at radius 2 is 2.05 bits per heavy atom. The average Bonchev–Trinajstić information content (AvgIpc) is 3.02. The number of carboxylic acid groups (broad SMARTS) is 1. The minimum atomic E-state index is -1.00. The first-order valence-corrected chi connectivity index (χ1v) is 8.74. The van der Waals surface area contributed by atoms with E-state index in [1.54, 1.807) is 0 Å². The number of hydrogen-bond acceptors (Lipinski definition) is 5. The zero-order valence-corrected chi connectivity index (χ0v) is 14.4. The summed E-state index contributed by atoms with van der Waals surface area (Å²) in [7, 11) is 0. The van der Waals surface area contributed by atoms with Gasteiger partial charge in [0.2, 0.25) is 5.91 Å². The van der Waals surface area contributed by atoms with Crippen LogP contribution in [0.2, 0.25) is 0 Å². The first-order chi connectivity index (χ1) is 10.5. The predicted molar refractivity (Wildman–Crippen MR) is 89.2 cm³/mol. The van der Waals surface area contributed by atoms with Crippen LogP contribution in [-0.4, -0.2) is 22.0 Å². The SMILES string of the molecule is CCc1nc(CC(=O)Nc2sc(C)c(CC)c2C(=O)O)cs1. The van der Waals surface area contributed by atoms with Gasteiger partial charge in [-0.1, -0.05) is 13.8 Å². The molecule has 0 unspecified atom stereocenters. The highest BCUT2D eigenvalue weighted by Crippen LogP contribution is 2.33. The molecule has 22 heavy (non-hydrogen) atoms. The second-order valence-electron chi connectivity index (χ2n) is 4.81. The molecule has 0 bridgehead atoms. The van der Waals surface area contributed by atoms with E-state index in [0.717, 1.165) is 27.6 Å². The number of hydrogen-bond donors (Lipinski definition) is 2. The number of aromatic carboxylic acids is 1. The Morgan fingerprint density at radius 1 is 1.32 bits per heavy atom. The lowest BCUT2D eigenvalue weighted by Crippen LogP contribution is -2.16. The van der Waals surface area contributed by atoms with E-state index < -0.39 is 5.97 Å². The quantitative estimate of drug-likeness (QED) is 0.844. The van der Waals surface area contributed by atoms with E-state index in [4.69, 9.17) is 0 Å². The van der Waals surface area contributed by atoms with Crippen LogP contribution in [0.4, 0.5) is 5.00 Å². The summed E-state index contributed by atoms with van der Waals surface area (Å²) < 4.78 is 0. The van der Waals surface area contributed by atoms with E-state index >= 15 is 0 Å². The maximum atomic E-state index is 12.1. The maximum Gasteiger partial charge on any atom is 0.339 e. The van der Waals surface area contributed by atoms with Gasteiger partial charge in [0.05, 0.1) is 22.7 Å². The minimum absolute atomic E-state index is 0.161. The van der Waals surface area contributed by atoms with Gasteiger partial charge >= 0.3 is 5.97 Å². The lowest BCUT2D eigenvalue weighted by molar-refractivity contribution is -0.115. The second-order valence-corrected chi connectivity index (χ2v) is 6.98. The van der Waals surface area contributed by atoms with Crippen LogP contribution < -0.4 is 5.32 Å². The van der Waals surface area contributed by atoms with Gasteiger partial charge in [-0.2, -0.15) is 0 Å². The molecule has 2 heterocycles. The van der Waals surface area contributed by atoms with Gasteiger partial charge in [-0.15, -0.1) is 22.7 Å². The first-order valence-electron chi connectivity index (χ1n) is 7.04. The summed E-state index contributed by atoms with van der Waals surface area (Å²) in [6, 6.07) is 0. The Balaban J connectivity index is 2.16. The molecule has 2 aromatic heterocycles. The molecule has 2 aromatic rings. The van der Waals surface area contributed by atoms with Crippen molar-refractivity contribution in [2.75, 3.05) is 5.32 Å². The maximum absolute atomic E-state index is 12.1. The molecule has 0 spiro atoms. The second kappa shape index (κ2) is 7.02. The number of aryl methyl sites for hydroxylation is 2. The fraction of sp³-hybridized carbons (Fsp3) is 0.400. The Kier molecular flexibility index (Phi) is 5.31. The lowest BCUT2D eigenvalue weighted by Gasteiger charge is -2.04. The van der Waals surface area contributed by atoms with Crippen molar-refractivity contribution in [1.29, 1.82) is 0 Å². The number of carboxylic acids is 1. The first kappa shape index (κ1) is 16.6. The molecule has 0 saturated carbocycles. The number of nitrogens with one attached hydrogen (secondary N) is 1. The Morgan fingerprint density at radius 3 is 2.59 bits per heavy atom.